The minimum absolute atomic E-state index is 0.0296. The summed E-state index contributed by atoms with van der Waals surface area (Å²) in [6.45, 7) is 5.73. The Bertz CT molecular complexity index is 685. The summed E-state index contributed by atoms with van der Waals surface area (Å²) in [5.74, 6) is 0.524. The van der Waals surface area contributed by atoms with Gasteiger partial charge in [0.25, 0.3) is 0 Å². The van der Waals surface area contributed by atoms with Crippen molar-refractivity contribution in [3.05, 3.63) is 53.3 Å². The second-order valence-electron chi connectivity index (χ2n) is 5.94. The van der Waals surface area contributed by atoms with Crippen LogP contribution in [0.3, 0.4) is 0 Å². The molecule has 1 saturated heterocycles. The summed E-state index contributed by atoms with van der Waals surface area (Å²) in [7, 11) is 0. The maximum Gasteiger partial charge on any atom is 0.242 e. The average Bonchev–Trinajstić information content (AvgIpc) is 2.60. The van der Waals surface area contributed by atoms with Crippen LogP contribution in [0.5, 0.6) is 0 Å². The van der Waals surface area contributed by atoms with Crippen LogP contribution < -0.4 is 5.32 Å². The summed E-state index contributed by atoms with van der Waals surface area (Å²) in [5, 5.41) is 3.02. The molecule has 6 nitrogen and oxygen atoms in total. The second kappa shape index (κ2) is 7.40. The van der Waals surface area contributed by atoms with E-state index < -0.39 is 0 Å². The summed E-state index contributed by atoms with van der Waals surface area (Å²) in [6, 6.07) is 11.9. The highest BCUT2D eigenvalue weighted by Gasteiger charge is 2.25. The van der Waals surface area contributed by atoms with Gasteiger partial charge in [-0.25, -0.2) is 9.97 Å². The van der Waals surface area contributed by atoms with Crippen LogP contribution in [0.1, 0.15) is 23.1 Å². The third kappa shape index (κ3) is 4.08. The average molecular weight is 326 g/mol. The van der Waals surface area contributed by atoms with Gasteiger partial charge in [-0.1, -0.05) is 30.3 Å². The smallest absolute Gasteiger partial charge is 0.242 e. The molecule has 1 aromatic carbocycles. The first-order valence-electron chi connectivity index (χ1n) is 8.12. The lowest BCUT2D eigenvalue weighted by Gasteiger charge is -2.33. The number of nitrogens with zero attached hydrogens (tertiary/aromatic N) is 3. The van der Waals surface area contributed by atoms with E-state index in [9.17, 15) is 4.79 Å². The fraction of sp³-hybridized carbons (Fsp3) is 0.389. The standard InChI is InChI=1S/C18H22N4O2/c1-13-10-14(2)21-18(20-13)19-11-17(23)22-8-9-24-16(12-22)15-6-4-3-5-7-15/h3-7,10,16H,8-9,11-12H2,1-2H3,(H,19,20,21)/t16-/m1/s1. The van der Waals surface area contributed by atoms with Gasteiger partial charge in [-0.05, 0) is 25.5 Å². The van der Waals surface area contributed by atoms with Crippen LogP contribution in [-0.4, -0.2) is 47.0 Å². The van der Waals surface area contributed by atoms with Gasteiger partial charge < -0.3 is 15.0 Å². The molecule has 0 spiro atoms. The van der Waals surface area contributed by atoms with Gasteiger partial charge in [0, 0.05) is 17.9 Å². The fourth-order valence-electron chi connectivity index (χ4n) is 2.82. The van der Waals surface area contributed by atoms with Gasteiger partial charge in [0.1, 0.15) is 6.10 Å². The van der Waals surface area contributed by atoms with Crippen LogP contribution in [0.4, 0.5) is 5.95 Å². The number of hydrogen-bond acceptors (Lipinski definition) is 5. The van der Waals surface area contributed by atoms with Crippen molar-refractivity contribution >= 4 is 11.9 Å². The number of benzene rings is 1. The van der Waals surface area contributed by atoms with Crippen LogP contribution >= 0.6 is 0 Å². The first kappa shape index (κ1) is 16.4. The first-order valence-corrected chi connectivity index (χ1v) is 8.12. The lowest BCUT2D eigenvalue weighted by atomic mass is 10.1. The number of carbonyl (C=O) groups excluding carboxylic acids is 1. The molecular formula is C18H22N4O2. The molecule has 1 aromatic heterocycles. The van der Waals surface area contributed by atoms with E-state index in [1.807, 2.05) is 55.1 Å². The molecule has 0 radical (unpaired) electrons. The molecule has 1 atom stereocenters. The van der Waals surface area contributed by atoms with Crippen molar-refractivity contribution in [2.24, 2.45) is 0 Å². The number of carbonyl (C=O) groups is 1. The van der Waals surface area contributed by atoms with E-state index in [0.717, 1.165) is 17.0 Å². The molecule has 2 aromatic rings. The molecule has 1 amide bonds. The number of morpholine rings is 1. The Balaban J connectivity index is 1.58. The van der Waals surface area contributed by atoms with Gasteiger partial charge in [-0.3, -0.25) is 4.79 Å². The maximum absolute atomic E-state index is 12.5. The van der Waals surface area contributed by atoms with Crippen LogP contribution in [0.2, 0.25) is 0 Å². The molecule has 1 N–H and O–H groups in total. The van der Waals surface area contributed by atoms with Gasteiger partial charge in [-0.2, -0.15) is 0 Å². The molecule has 0 saturated carbocycles. The van der Waals surface area contributed by atoms with Crippen molar-refractivity contribution in [2.75, 3.05) is 31.6 Å². The molecule has 0 aliphatic carbocycles. The first-order chi connectivity index (χ1) is 11.6. The molecule has 0 bridgehead atoms. The number of nitrogens with one attached hydrogen (secondary N) is 1. The number of amides is 1. The predicted molar refractivity (Wildman–Crippen MR) is 91.7 cm³/mol. The number of rotatable bonds is 4. The zero-order valence-corrected chi connectivity index (χ0v) is 14.0. The van der Waals surface area contributed by atoms with Crippen molar-refractivity contribution in [2.45, 2.75) is 20.0 Å². The molecule has 1 aliphatic heterocycles. The van der Waals surface area contributed by atoms with Crippen molar-refractivity contribution in [3.8, 4) is 0 Å². The lowest BCUT2D eigenvalue weighted by molar-refractivity contribution is -0.137. The van der Waals surface area contributed by atoms with Crippen LogP contribution in [0, 0.1) is 13.8 Å². The monoisotopic (exact) mass is 326 g/mol. The van der Waals surface area contributed by atoms with Crippen molar-refractivity contribution < 1.29 is 9.53 Å². The van der Waals surface area contributed by atoms with Crippen molar-refractivity contribution in [1.82, 2.24) is 14.9 Å². The van der Waals surface area contributed by atoms with Gasteiger partial charge in [0.2, 0.25) is 11.9 Å². The highest BCUT2D eigenvalue weighted by atomic mass is 16.5. The zero-order chi connectivity index (χ0) is 16.9. The van der Waals surface area contributed by atoms with Gasteiger partial charge in [0.05, 0.1) is 19.7 Å². The van der Waals surface area contributed by atoms with E-state index in [2.05, 4.69) is 15.3 Å². The van der Waals surface area contributed by atoms with Gasteiger partial charge >= 0.3 is 0 Å². The zero-order valence-electron chi connectivity index (χ0n) is 14.0. The minimum atomic E-state index is -0.0682. The van der Waals surface area contributed by atoms with E-state index in [4.69, 9.17) is 4.74 Å². The fourth-order valence-corrected chi connectivity index (χ4v) is 2.82. The van der Waals surface area contributed by atoms with E-state index in [1.165, 1.54) is 0 Å². The minimum Gasteiger partial charge on any atom is -0.370 e. The quantitative estimate of drug-likeness (QED) is 0.932. The van der Waals surface area contributed by atoms with Crippen LogP contribution in [-0.2, 0) is 9.53 Å². The summed E-state index contributed by atoms with van der Waals surface area (Å²) in [5.41, 5.74) is 2.86. The molecular weight excluding hydrogens is 304 g/mol. The summed E-state index contributed by atoms with van der Waals surface area (Å²) >= 11 is 0. The Hall–Kier alpha value is -2.47. The van der Waals surface area contributed by atoms with E-state index in [0.29, 0.717) is 25.6 Å². The third-order valence-corrected chi connectivity index (χ3v) is 3.97. The number of hydrogen-bond donors (Lipinski definition) is 1. The van der Waals surface area contributed by atoms with Crippen LogP contribution in [0.15, 0.2) is 36.4 Å². The highest BCUT2D eigenvalue weighted by molar-refractivity contribution is 5.80. The number of aromatic nitrogens is 2. The Morgan fingerprint density at radius 2 is 1.96 bits per heavy atom. The number of anilines is 1. The highest BCUT2D eigenvalue weighted by Crippen LogP contribution is 2.21. The summed E-state index contributed by atoms with van der Waals surface area (Å²) in [6.07, 6.45) is -0.0682. The Kier molecular flexibility index (Phi) is 5.05. The molecule has 6 heteroatoms. The SMILES string of the molecule is Cc1cc(C)nc(NCC(=O)N2CCO[C@@H](c3ccccc3)C2)n1. The van der Waals surface area contributed by atoms with Crippen LogP contribution in [0.25, 0.3) is 0 Å². The summed E-state index contributed by atoms with van der Waals surface area (Å²) < 4.78 is 5.80. The second-order valence-corrected chi connectivity index (χ2v) is 5.94. The lowest BCUT2D eigenvalue weighted by Crippen LogP contribution is -2.44. The molecule has 126 valence electrons. The van der Waals surface area contributed by atoms with Gasteiger partial charge in [0.15, 0.2) is 0 Å². The van der Waals surface area contributed by atoms with E-state index in [1.54, 1.807) is 0 Å². The molecule has 1 aliphatic rings. The predicted octanol–water partition coefficient (Wildman–Crippen LogP) is 2.11. The van der Waals surface area contributed by atoms with Crippen molar-refractivity contribution in [3.63, 3.8) is 0 Å². The van der Waals surface area contributed by atoms with E-state index >= 15 is 0 Å². The Morgan fingerprint density at radius 1 is 1.25 bits per heavy atom. The summed E-state index contributed by atoms with van der Waals surface area (Å²) in [4.78, 5) is 22.9. The maximum atomic E-state index is 12.5. The molecule has 24 heavy (non-hydrogen) atoms. The molecule has 0 unspecified atom stereocenters. The topological polar surface area (TPSA) is 67.4 Å². The number of ether oxygens (including phenoxy) is 1. The Morgan fingerprint density at radius 3 is 2.67 bits per heavy atom. The third-order valence-electron chi connectivity index (χ3n) is 3.97. The molecule has 2 heterocycles. The van der Waals surface area contributed by atoms with Crippen molar-refractivity contribution in [1.29, 1.82) is 0 Å². The van der Waals surface area contributed by atoms with Gasteiger partial charge in [-0.15, -0.1) is 0 Å². The number of aryl methyl sites for hydroxylation is 2. The Labute approximate surface area is 141 Å². The molecule has 1 fully saturated rings. The van der Waals surface area contributed by atoms with E-state index in [-0.39, 0.29) is 18.6 Å². The normalized spacial score (nSPS) is 17.6. The largest absolute Gasteiger partial charge is 0.370 e. The molecule has 3 rings (SSSR count).